The lowest BCUT2D eigenvalue weighted by Crippen LogP contribution is -2.25. The highest BCUT2D eigenvalue weighted by molar-refractivity contribution is 5.87. The van der Waals surface area contributed by atoms with Crippen LogP contribution in [0.3, 0.4) is 0 Å². The summed E-state index contributed by atoms with van der Waals surface area (Å²) < 4.78 is 19.4. The number of hydrogen-bond donors (Lipinski definition) is 0. The number of esters is 3. The molecule has 0 aromatic rings. The number of carbonyl (C=O) groups excluding carboxylic acids is 3. The molecule has 1 unspecified atom stereocenters. The van der Waals surface area contributed by atoms with E-state index in [1.165, 1.54) is 6.08 Å². The van der Waals surface area contributed by atoms with Crippen LogP contribution in [0.25, 0.3) is 0 Å². The maximum Gasteiger partial charge on any atom is 0.333 e. The summed E-state index contributed by atoms with van der Waals surface area (Å²) in [7, 11) is 0. The first kappa shape index (κ1) is 25.3. The van der Waals surface area contributed by atoms with Crippen molar-refractivity contribution in [1.29, 1.82) is 0 Å². The van der Waals surface area contributed by atoms with Gasteiger partial charge in [-0.1, -0.05) is 32.4 Å². The van der Waals surface area contributed by atoms with Crippen LogP contribution in [0.5, 0.6) is 0 Å². The third-order valence-corrected chi connectivity index (χ3v) is 3.44. The molecule has 1 atom stereocenters. The summed E-state index contributed by atoms with van der Waals surface area (Å²) in [5.74, 6) is -1.01. The van der Waals surface area contributed by atoms with Crippen molar-refractivity contribution >= 4 is 17.9 Å². The Balaban J connectivity index is 0.000000410. The van der Waals surface area contributed by atoms with Crippen LogP contribution in [0.1, 0.15) is 33.6 Å². The molecule has 2 fully saturated rings. The predicted molar refractivity (Wildman–Crippen MR) is 105 cm³/mol. The van der Waals surface area contributed by atoms with Crippen molar-refractivity contribution in [2.75, 3.05) is 19.8 Å². The van der Waals surface area contributed by atoms with Gasteiger partial charge in [0.05, 0.1) is 13.2 Å². The van der Waals surface area contributed by atoms with Crippen LogP contribution in [-0.4, -0.2) is 49.4 Å². The first-order valence-electron chi connectivity index (χ1n) is 8.86. The van der Waals surface area contributed by atoms with Crippen molar-refractivity contribution in [3.8, 4) is 0 Å². The van der Waals surface area contributed by atoms with E-state index in [-0.39, 0.29) is 36.2 Å². The first-order chi connectivity index (χ1) is 13.1. The molecule has 7 nitrogen and oxygen atoms in total. The van der Waals surface area contributed by atoms with E-state index in [2.05, 4.69) is 35.8 Å². The summed E-state index contributed by atoms with van der Waals surface area (Å²) >= 11 is 0. The molecule has 0 aromatic carbocycles. The van der Waals surface area contributed by atoms with E-state index in [0.717, 1.165) is 25.5 Å². The van der Waals surface area contributed by atoms with Gasteiger partial charge in [0.2, 0.25) is 0 Å². The van der Waals surface area contributed by atoms with Crippen molar-refractivity contribution < 1.29 is 33.3 Å². The van der Waals surface area contributed by atoms with Crippen LogP contribution in [0, 0.1) is 0 Å². The van der Waals surface area contributed by atoms with E-state index in [0.29, 0.717) is 17.8 Å². The Morgan fingerprint density at radius 2 is 1.61 bits per heavy atom. The zero-order valence-electron chi connectivity index (χ0n) is 17.0. The predicted octanol–water partition coefficient (Wildman–Crippen LogP) is 3.06. The maximum atomic E-state index is 11.2. The quantitative estimate of drug-likeness (QED) is 0.205. The van der Waals surface area contributed by atoms with Crippen LogP contribution in [0.15, 0.2) is 49.6 Å². The molecule has 1 aliphatic carbocycles. The highest BCUT2D eigenvalue weighted by Crippen LogP contribution is 2.48. The molecule has 2 rings (SSSR count). The first-order valence-corrected chi connectivity index (χ1v) is 8.86. The van der Waals surface area contributed by atoms with Crippen LogP contribution in [0.4, 0.5) is 0 Å². The van der Waals surface area contributed by atoms with Gasteiger partial charge in [-0.05, 0) is 33.6 Å². The Morgan fingerprint density at radius 1 is 1.07 bits per heavy atom. The minimum atomic E-state index is -0.366. The van der Waals surface area contributed by atoms with Gasteiger partial charge in [-0.3, -0.25) is 0 Å². The molecule has 28 heavy (non-hydrogen) atoms. The van der Waals surface area contributed by atoms with Gasteiger partial charge < -0.3 is 18.9 Å². The summed E-state index contributed by atoms with van der Waals surface area (Å²) in [6.07, 6.45) is 4.71. The summed E-state index contributed by atoms with van der Waals surface area (Å²) in [5.41, 5.74) is 0.606. The Morgan fingerprint density at radius 3 is 1.89 bits per heavy atom. The van der Waals surface area contributed by atoms with Gasteiger partial charge in [0.25, 0.3) is 0 Å². The highest BCUT2D eigenvalue weighted by Gasteiger charge is 2.59. The monoisotopic (exact) mass is 394 g/mol. The number of ether oxygens (including phenoxy) is 4. The van der Waals surface area contributed by atoms with E-state index < -0.39 is 0 Å². The lowest BCUT2D eigenvalue weighted by molar-refractivity contribution is -0.147. The van der Waals surface area contributed by atoms with Gasteiger partial charge in [-0.25, -0.2) is 14.4 Å². The molecule has 1 saturated heterocycles. The van der Waals surface area contributed by atoms with E-state index in [9.17, 15) is 14.4 Å². The molecule has 7 heteroatoms. The van der Waals surface area contributed by atoms with Crippen molar-refractivity contribution in [2.24, 2.45) is 0 Å². The van der Waals surface area contributed by atoms with Gasteiger partial charge in [0, 0.05) is 17.2 Å². The second-order valence-corrected chi connectivity index (χ2v) is 6.18. The Kier molecular flexibility index (Phi) is 11.5. The minimum absolute atomic E-state index is 0.167. The summed E-state index contributed by atoms with van der Waals surface area (Å²) in [4.78, 5) is 31.8. The molecule has 0 radical (unpaired) electrons. The SMILES string of the molecule is C=C(C)C(=O)OC1(C2CO2)CC1.C=CC(=O)OCC.C=CCOC(=O)C(=C)C. The lowest BCUT2D eigenvalue weighted by atomic mass is 10.2. The normalized spacial score (nSPS) is 17.0. The second kappa shape index (κ2) is 12.7. The van der Waals surface area contributed by atoms with Gasteiger partial charge in [0.15, 0.2) is 0 Å². The van der Waals surface area contributed by atoms with Crippen molar-refractivity contribution in [3.05, 3.63) is 49.6 Å². The smallest absolute Gasteiger partial charge is 0.333 e. The van der Waals surface area contributed by atoms with Gasteiger partial charge >= 0.3 is 17.9 Å². The molecule has 0 bridgehead atoms. The van der Waals surface area contributed by atoms with E-state index >= 15 is 0 Å². The van der Waals surface area contributed by atoms with Gasteiger partial charge in [0.1, 0.15) is 18.3 Å². The largest absolute Gasteiger partial charge is 0.463 e. The molecule has 1 aliphatic heterocycles. The average Bonchev–Trinajstić information content (AvgIpc) is 3.54. The maximum absolute atomic E-state index is 11.2. The molecule has 1 saturated carbocycles. The average molecular weight is 394 g/mol. The van der Waals surface area contributed by atoms with Crippen LogP contribution >= 0.6 is 0 Å². The van der Waals surface area contributed by atoms with Crippen LogP contribution < -0.4 is 0 Å². The second-order valence-electron chi connectivity index (χ2n) is 6.18. The Bertz CT molecular complexity index is 610. The van der Waals surface area contributed by atoms with E-state index in [1.54, 1.807) is 20.8 Å². The molecular formula is C21H30O7. The van der Waals surface area contributed by atoms with Crippen LogP contribution in [-0.2, 0) is 33.3 Å². The Hall–Kier alpha value is -2.67. The summed E-state index contributed by atoms with van der Waals surface area (Å²) in [6, 6.07) is 0. The zero-order valence-corrected chi connectivity index (χ0v) is 17.0. The fourth-order valence-corrected chi connectivity index (χ4v) is 1.70. The highest BCUT2D eigenvalue weighted by atomic mass is 16.6. The number of rotatable bonds is 8. The van der Waals surface area contributed by atoms with Crippen molar-refractivity contribution in [1.82, 2.24) is 0 Å². The molecule has 0 amide bonds. The zero-order chi connectivity index (χ0) is 21.7. The number of epoxide rings is 1. The van der Waals surface area contributed by atoms with Crippen LogP contribution in [0.2, 0.25) is 0 Å². The minimum Gasteiger partial charge on any atom is -0.463 e. The molecular weight excluding hydrogens is 364 g/mol. The van der Waals surface area contributed by atoms with Gasteiger partial charge in [-0.15, -0.1) is 0 Å². The molecule has 2 aliphatic rings. The summed E-state index contributed by atoms with van der Waals surface area (Å²) in [5, 5.41) is 0. The third kappa shape index (κ3) is 10.5. The fourth-order valence-electron chi connectivity index (χ4n) is 1.70. The molecule has 0 spiro atoms. The van der Waals surface area contributed by atoms with E-state index in [4.69, 9.17) is 9.47 Å². The number of hydrogen-bond acceptors (Lipinski definition) is 7. The van der Waals surface area contributed by atoms with Gasteiger partial charge in [-0.2, -0.15) is 0 Å². The topological polar surface area (TPSA) is 91.4 Å². The summed E-state index contributed by atoms with van der Waals surface area (Å²) in [6.45, 7) is 19.9. The fraction of sp³-hybridized carbons (Fsp3) is 0.476. The molecule has 156 valence electrons. The number of carbonyl (C=O) groups is 3. The standard InChI is InChI=1S/C9H12O3.C7H10O2.C5H8O2/c1-6(2)8(10)12-9(3-4-9)7-5-11-7;1-4-5-9-7(8)6(2)3;1-3-5(6)7-4-2/h7H,1,3-5H2,2H3;4H,1-2,5H2,3H3;3H,1,4H2,2H3. The molecule has 0 N–H and O–H groups in total. The van der Waals surface area contributed by atoms with E-state index in [1.807, 2.05) is 0 Å². The molecule has 0 aromatic heterocycles. The Labute approximate surface area is 166 Å². The lowest BCUT2D eigenvalue weighted by Gasteiger charge is -2.13. The van der Waals surface area contributed by atoms with Crippen molar-refractivity contribution in [3.63, 3.8) is 0 Å². The van der Waals surface area contributed by atoms with Crippen molar-refractivity contribution in [2.45, 2.75) is 45.3 Å². The third-order valence-electron chi connectivity index (χ3n) is 3.44. The molecule has 1 heterocycles.